The molecule has 0 bridgehead atoms. The van der Waals surface area contributed by atoms with E-state index in [2.05, 4.69) is 17.2 Å². The van der Waals surface area contributed by atoms with Crippen molar-refractivity contribution in [1.82, 2.24) is 14.9 Å². The van der Waals surface area contributed by atoms with Gasteiger partial charge in [-0.1, -0.05) is 103 Å². The summed E-state index contributed by atoms with van der Waals surface area (Å²) in [5.41, 5.74) is 0. The van der Waals surface area contributed by atoms with Gasteiger partial charge in [-0.25, -0.2) is 9.78 Å². The van der Waals surface area contributed by atoms with Crippen LogP contribution in [0.4, 0.5) is 4.79 Å². The number of nitrogens with one attached hydrogen (secondary N) is 1. The molecule has 1 N–H and O–H groups in total. The highest BCUT2D eigenvalue weighted by Crippen LogP contribution is 2.14. The highest BCUT2D eigenvalue weighted by molar-refractivity contribution is 5.69. The maximum atomic E-state index is 12.0. The first kappa shape index (κ1) is 34.9. The summed E-state index contributed by atoms with van der Waals surface area (Å²) in [6.45, 7) is 2.95. The second kappa shape index (κ2) is 24.9. The van der Waals surface area contributed by atoms with Gasteiger partial charge in [-0.15, -0.1) is 0 Å². The minimum Gasteiger partial charge on any atom is -0.465 e. The third-order valence-corrected chi connectivity index (χ3v) is 7.06. The minimum absolute atomic E-state index is 0.155. The van der Waals surface area contributed by atoms with Gasteiger partial charge in [-0.3, -0.25) is 4.79 Å². The van der Waals surface area contributed by atoms with Crippen LogP contribution in [0, 0.1) is 0 Å². The molecule has 0 aliphatic carbocycles. The van der Waals surface area contributed by atoms with Crippen molar-refractivity contribution in [2.24, 2.45) is 7.05 Å². The molecule has 8 nitrogen and oxygen atoms in total. The van der Waals surface area contributed by atoms with Crippen molar-refractivity contribution < 1.29 is 23.8 Å². The smallest absolute Gasteiger partial charge is 0.409 e. The number of alkyl carbamates (subject to hydrolysis) is 1. The fraction of sp³-hybridized carbons (Fsp3) is 0.839. The summed E-state index contributed by atoms with van der Waals surface area (Å²) in [6.07, 6.45) is 25.5. The molecule has 1 atom stereocenters. The van der Waals surface area contributed by atoms with Crippen LogP contribution in [0.2, 0.25) is 0 Å². The van der Waals surface area contributed by atoms with Crippen molar-refractivity contribution in [2.75, 3.05) is 20.3 Å². The number of rotatable bonds is 26. The summed E-state index contributed by atoms with van der Waals surface area (Å²) in [6, 6.07) is 0. The first-order valence-corrected chi connectivity index (χ1v) is 15.7. The van der Waals surface area contributed by atoms with Crippen LogP contribution in [-0.2, 0) is 32.5 Å². The molecule has 0 fully saturated rings. The van der Waals surface area contributed by atoms with Crippen molar-refractivity contribution in [3.63, 3.8) is 0 Å². The van der Waals surface area contributed by atoms with E-state index in [9.17, 15) is 9.59 Å². The highest BCUT2D eigenvalue weighted by Gasteiger charge is 2.15. The van der Waals surface area contributed by atoms with Gasteiger partial charge in [-0.2, -0.15) is 0 Å². The zero-order valence-electron chi connectivity index (χ0n) is 25.2. The van der Waals surface area contributed by atoms with E-state index in [1.807, 2.05) is 17.8 Å². The van der Waals surface area contributed by atoms with Crippen molar-refractivity contribution >= 4 is 12.1 Å². The molecule has 0 aliphatic rings. The molecule has 0 saturated heterocycles. The summed E-state index contributed by atoms with van der Waals surface area (Å²) in [7, 11) is 3.45. The quantitative estimate of drug-likeness (QED) is 0.0723. The second-order valence-corrected chi connectivity index (χ2v) is 10.6. The monoisotopic (exact) mass is 551 g/mol. The molecule has 1 aromatic heterocycles. The Hall–Kier alpha value is -2.09. The van der Waals surface area contributed by atoms with E-state index in [1.54, 1.807) is 6.20 Å². The standard InChI is InChI=1S/C31H57N3O5/c1-4-5-6-7-8-9-10-11-12-13-14-15-16-17-18-19-26-38-30(39-31(36)32-2)23-27-37-29(35)22-20-21-28-33-24-25-34(28)3/h24-25,30H,4-23,26-27H2,1-3H3,(H,32,36). The number of carbonyl (C=O) groups is 2. The van der Waals surface area contributed by atoms with Crippen molar-refractivity contribution in [3.8, 4) is 0 Å². The van der Waals surface area contributed by atoms with E-state index in [1.165, 1.54) is 96.9 Å². The zero-order chi connectivity index (χ0) is 28.4. The lowest BCUT2D eigenvalue weighted by atomic mass is 10.0. The minimum atomic E-state index is -0.721. The van der Waals surface area contributed by atoms with Crippen LogP contribution >= 0.6 is 0 Å². The average molecular weight is 552 g/mol. The second-order valence-electron chi connectivity index (χ2n) is 10.6. The Bertz CT molecular complexity index is 725. The number of ether oxygens (including phenoxy) is 3. The third-order valence-electron chi connectivity index (χ3n) is 7.06. The Balaban J connectivity index is 2.00. The molecule has 1 unspecified atom stereocenters. The van der Waals surface area contributed by atoms with E-state index >= 15 is 0 Å². The van der Waals surface area contributed by atoms with Crippen LogP contribution in [0.5, 0.6) is 0 Å². The molecule has 1 amide bonds. The number of hydrogen-bond acceptors (Lipinski definition) is 6. The van der Waals surface area contributed by atoms with Gasteiger partial charge in [0, 0.05) is 45.8 Å². The van der Waals surface area contributed by atoms with Crippen LogP contribution in [0.25, 0.3) is 0 Å². The van der Waals surface area contributed by atoms with Crippen molar-refractivity contribution in [3.05, 3.63) is 18.2 Å². The molecule has 226 valence electrons. The van der Waals surface area contributed by atoms with Crippen LogP contribution in [-0.4, -0.2) is 48.2 Å². The van der Waals surface area contributed by atoms with Gasteiger partial charge in [0.2, 0.25) is 6.29 Å². The van der Waals surface area contributed by atoms with Gasteiger partial charge in [0.1, 0.15) is 5.82 Å². The molecule has 39 heavy (non-hydrogen) atoms. The third kappa shape index (κ3) is 20.5. The number of aromatic nitrogens is 2. The maximum Gasteiger partial charge on any atom is 0.409 e. The Morgan fingerprint density at radius 3 is 1.92 bits per heavy atom. The zero-order valence-corrected chi connectivity index (χ0v) is 25.2. The van der Waals surface area contributed by atoms with Gasteiger partial charge >= 0.3 is 12.1 Å². The summed E-state index contributed by atoms with van der Waals surface area (Å²) >= 11 is 0. The van der Waals surface area contributed by atoms with Crippen molar-refractivity contribution in [1.29, 1.82) is 0 Å². The molecule has 8 heteroatoms. The summed E-state index contributed by atoms with van der Waals surface area (Å²) in [5.74, 6) is 0.685. The largest absolute Gasteiger partial charge is 0.465 e. The Morgan fingerprint density at radius 2 is 1.41 bits per heavy atom. The van der Waals surface area contributed by atoms with Crippen LogP contribution in [0.15, 0.2) is 12.4 Å². The Kier molecular flexibility index (Phi) is 22.3. The topological polar surface area (TPSA) is 91.7 Å². The molecule has 1 heterocycles. The van der Waals surface area contributed by atoms with Gasteiger partial charge in [0.05, 0.1) is 13.2 Å². The lowest BCUT2D eigenvalue weighted by Crippen LogP contribution is -2.29. The summed E-state index contributed by atoms with van der Waals surface area (Å²) in [4.78, 5) is 27.9. The Morgan fingerprint density at radius 1 is 0.846 bits per heavy atom. The molecular formula is C31H57N3O5. The van der Waals surface area contributed by atoms with Crippen LogP contribution in [0.3, 0.4) is 0 Å². The van der Waals surface area contributed by atoms with E-state index < -0.39 is 12.4 Å². The predicted molar refractivity (Wildman–Crippen MR) is 157 cm³/mol. The Labute approximate surface area is 238 Å². The van der Waals surface area contributed by atoms with Crippen LogP contribution < -0.4 is 5.32 Å². The fourth-order valence-electron chi connectivity index (χ4n) is 4.59. The van der Waals surface area contributed by atoms with E-state index in [-0.39, 0.29) is 12.6 Å². The number of hydrogen-bond donors (Lipinski definition) is 1. The molecular weight excluding hydrogens is 494 g/mol. The molecule has 0 radical (unpaired) electrons. The summed E-state index contributed by atoms with van der Waals surface area (Å²) in [5, 5.41) is 2.44. The van der Waals surface area contributed by atoms with Gasteiger partial charge < -0.3 is 24.1 Å². The molecule has 0 spiro atoms. The average Bonchev–Trinajstić information content (AvgIpc) is 3.34. The molecule has 0 saturated carbocycles. The molecule has 1 rings (SSSR count). The number of aryl methyl sites for hydroxylation is 2. The molecule has 0 aromatic carbocycles. The lowest BCUT2D eigenvalue weighted by Gasteiger charge is -2.18. The van der Waals surface area contributed by atoms with Crippen LogP contribution in [0.1, 0.15) is 135 Å². The first-order chi connectivity index (χ1) is 19.1. The SMILES string of the molecule is CCCCCCCCCCCCCCCCCCOC(CCOC(=O)CCCc1nccn1C)OC(=O)NC. The van der Waals surface area contributed by atoms with E-state index in [4.69, 9.17) is 14.2 Å². The number of imidazole rings is 1. The van der Waals surface area contributed by atoms with E-state index in [0.717, 1.165) is 25.1 Å². The number of nitrogens with zero attached hydrogens (tertiary/aromatic N) is 2. The molecule has 1 aromatic rings. The predicted octanol–water partition coefficient (Wildman–Crippen LogP) is 7.64. The number of unbranched alkanes of at least 4 members (excludes halogenated alkanes) is 15. The van der Waals surface area contributed by atoms with Gasteiger partial charge in [0.25, 0.3) is 0 Å². The summed E-state index contributed by atoms with van der Waals surface area (Å²) < 4.78 is 18.3. The number of esters is 1. The van der Waals surface area contributed by atoms with Gasteiger partial charge in [-0.05, 0) is 12.8 Å². The lowest BCUT2D eigenvalue weighted by molar-refractivity contribution is -0.149. The maximum absolute atomic E-state index is 12.0. The van der Waals surface area contributed by atoms with Crippen molar-refractivity contribution in [2.45, 2.75) is 142 Å². The van der Waals surface area contributed by atoms with E-state index in [0.29, 0.717) is 25.9 Å². The normalized spacial score (nSPS) is 11.9. The fourth-order valence-corrected chi connectivity index (χ4v) is 4.59. The highest BCUT2D eigenvalue weighted by atomic mass is 16.7. The number of carbonyl (C=O) groups excluding carboxylic acids is 2. The van der Waals surface area contributed by atoms with Gasteiger partial charge in [0.15, 0.2) is 0 Å². The molecule has 0 aliphatic heterocycles. The first-order valence-electron chi connectivity index (χ1n) is 15.7. The number of amides is 1.